The van der Waals surface area contributed by atoms with Crippen molar-refractivity contribution in [3.8, 4) is 0 Å². The molecule has 0 bridgehead atoms. The summed E-state index contributed by atoms with van der Waals surface area (Å²) in [5.41, 5.74) is 0. The summed E-state index contributed by atoms with van der Waals surface area (Å²) in [6, 6.07) is 0. The van der Waals surface area contributed by atoms with Crippen LogP contribution in [-0.4, -0.2) is 144 Å². The SMILES string of the molecule is CCCCCCCC/C=C\CCCCCCCC(=O)N(CCCOCCCN(CCC(=O)O)CCC(=O)O)CCCOCCCN(CCC(=O)O)CCC(=O)O. The summed E-state index contributed by atoms with van der Waals surface area (Å²) in [7, 11) is 0. The van der Waals surface area contributed by atoms with E-state index in [-0.39, 0.29) is 57.8 Å². The Kier molecular flexibility index (Phi) is 36.7. The topological polar surface area (TPSA) is 194 Å². The Morgan fingerprint density at radius 2 is 0.750 bits per heavy atom. The number of hydrogen-bond donors (Lipinski definition) is 4. The van der Waals surface area contributed by atoms with Gasteiger partial charge in [-0.25, -0.2) is 0 Å². The fourth-order valence-corrected chi connectivity index (χ4v) is 6.25. The van der Waals surface area contributed by atoms with Crippen molar-refractivity contribution in [3.05, 3.63) is 12.2 Å². The molecular weight excluding hydrogens is 722 g/mol. The molecule has 326 valence electrons. The third-order valence-corrected chi connectivity index (χ3v) is 9.53. The lowest BCUT2D eigenvalue weighted by molar-refractivity contribution is -0.139. The molecule has 0 saturated heterocycles. The van der Waals surface area contributed by atoms with Crippen molar-refractivity contribution in [2.75, 3.05) is 78.8 Å². The van der Waals surface area contributed by atoms with E-state index < -0.39 is 23.9 Å². The molecule has 14 heteroatoms. The van der Waals surface area contributed by atoms with Gasteiger partial charge in [-0.3, -0.25) is 24.0 Å². The van der Waals surface area contributed by atoms with Crippen LogP contribution in [0.3, 0.4) is 0 Å². The number of carboxylic acids is 4. The third kappa shape index (κ3) is 37.8. The Labute approximate surface area is 337 Å². The average Bonchev–Trinajstić information content (AvgIpc) is 3.15. The second kappa shape index (κ2) is 38.8. The average molecular weight is 800 g/mol. The van der Waals surface area contributed by atoms with Crippen LogP contribution in [0.4, 0.5) is 0 Å². The van der Waals surface area contributed by atoms with Crippen LogP contribution < -0.4 is 0 Å². The first-order chi connectivity index (χ1) is 27.0. The number of aliphatic carboxylic acids is 4. The van der Waals surface area contributed by atoms with E-state index in [0.29, 0.717) is 84.7 Å². The van der Waals surface area contributed by atoms with E-state index in [2.05, 4.69) is 19.1 Å². The molecule has 4 N–H and O–H groups in total. The lowest BCUT2D eigenvalue weighted by Crippen LogP contribution is -2.34. The molecule has 0 aliphatic rings. The summed E-state index contributed by atoms with van der Waals surface area (Å²) < 4.78 is 11.6. The van der Waals surface area contributed by atoms with Crippen molar-refractivity contribution >= 4 is 29.8 Å². The zero-order chi connectivity index (χ0) is 41.5. The molecule has 0 atom stereocenters. The maximum atomic E-state index is 13.3. The van der Waals surface area contributed by atoms with Gasteiger partial charge in [-0.05, 0) is 57.8 Å². The van der Waals surface area contributed by atoms with Gasteiger partial charge in [0, 0.05) is 85.2 Å². The summed E-state index contributed by atoms with van der Waals surface area (Å²) in [6.45, 7) is 7.48. The first kappa shape index (κ1) is 52.9. The number of carbonyl (C=O) groups is 5. The number of carbonyl (C=O) groups excluding carboxylic acids is 1. The number of amides is 1. The quantitative estimate of drug-likeness (QED) is 0.0366. The van der Waals surface area contributed by atoms with E-state index in [1.54, 1.807) is 0 Å². The van der Waals surface area contributed by atoms with Crippen LogP contribution in [0.25, 0.3) is 0 Å². The van der Waals surface area contributed by atoms with Gasteiger partial charge in [-0.15, -0.1) is 0 Å². The second-order valence-corrected chi connectivity index (χ2v) is 14.6. The molecule has 0 aromatic rings. The van der Waals surface area contributed by atoms with Crippen LogP contribution >= 0.6 is 0 Å². The molecule has 14 nitrogen and oxygen atoms in total. The monoisotopic (exact) mass is 800 g/mol. The largest absolute Gasteiger partial charge is 0.481 e. The summed E-state index contributed by atoms with van der Waals surface area (Å²) in [6.07, 6.45) is 23.2. The number of rotatable bonds is 43. The molecule has 0 radical (unpaired) electrons. The first-order valence-electron chi connectivity index (χ1n) is 21.4. The predicted octanol–water partition coefficient (Wildman–Crippen LogP) is 6.95. The van der Waals surface area contributed by atoms with Gasteiger partial charge in [0.25, 0.3) is 0 Å². The minimum atomic E-state index is -0.921. The number of unbranched alkanes of at least 4 members (excludes halogenated alkanes) is 11. The smallest absolute Gasteiger partial charge is 0.304 e. The minimum Gasteiger partial charge on any atom is -0.481 e. The fraction of sp³-hybridized carbons (Fsp3) is 0.833. The molecule has 0 saturated carbocycles. The number of allylic oxidation sites excluding steroid dienone is 2. The van der Waals surface area contributed by atoms with Gasteiger partial charge < -0.3 is 44.6 Å². The Hall–Kier alpha value is -3.07. The van der Waals surface area contributed by atoms with Crippen LogP contribution in [0.15, 0.2) is 12.2 Å². The normalized spacial score (nSPS) is 11.6. The molecule has 56 heavy (non-hydrogen) atoms. The Balaban J connectivity index is 4.62. The molecule has 0 rings (SSSR count). The molecule has 0 aliphatic carbocycles. The van der Waals surface area contributed by atoms with Gasteiger partial charge in [0.2, 0.25) is 5.91 Å². The molecule has 0 unspecified atom stereocenters. The molecule has 0 spiro atoms. The van der Waals surface area contributed by atoms with Crippen molar-refractivity contribution in [1.82, 2.24) is 14.7 Å². The summed E-state index contributed by atoms with van der Waals surface area (Å²) in [4.78, 5) is 62.6. The maximum absolute atomic E-state index is 13.3. The molecule has 0 aliphatic heterocycles. The lowest BCUT2D eigenvalue weighted by atomic mass is 10.1. The van der Waals surface area contributed by atoms with Crippen LogP contribution in [0.1, 0.15) is 148 Å². The number of nitrogens with zero attached hydrogens (tertiary/aromatic N) is 3. The summed E-state index contributed by atoms with van der Waals surface area (Å²) in [5, 5.41) is 35.9. The summed E-state index contributed by atoms with van der Waals surface area (Å²) in [5.74, 6) is -3.55. The highest BCUT2D eigenvalue weighted by Gasteiger charge is 2.14. The number of ether oxygens (including phenoxy) is 2. The van der Waals surface area contributed by atoms with Gasteiger partial charge in [0.1, 0.15) is 0 Å². The van der Waals surface area contributed by atoms with Crippen LogP contribution in [-0.2, 0) is 33.4 Å². The van der Waals surface area contributed by atoms with Gasteiger partial charge in [0.15, 0.2) is 0 Å². The van der Waals surface area contributed by atoms with Crippen molar-refractivity contribution in [3.63, 3.8) is 0 Å². The van der Waals surface area contributed by atoms with Gasteiger partial charge >= 0.3 is 23.9 Å². The van der Waals surface area contributed by atoms with E-state index in [9.17, 15) is 24.0 Å². The highest BCUT2D eigenvalue weighted by molar-refractivity contribution is 5.76. The third-order valence-electron chi connectivity index (χ3n) is 9.53. The first-order valence-corrected chi connectivity index (χ1v) is 21.4. The van der Waals surface area contributed by atoms with E-state index in [1.807, 2.05) is 14.7 Å². The van der Waals surface area contributed by atoms with Crippen molar-refractivity contribution < 1.29 is 53.9 Å². The molecule has 1 amide bonds. The van der Waals surface area contributed by atoms with Gasteiger partial charge in [-0.1, -0.05) is 70.4 Å². The van der Waals surface area contributed by atoms with Crippen LogP contribution in [0.2, 0.25) is 0 Å². The van der Waals surface area contributed by atoms with Crippen molar-refractivity contribution in [2.45, 2.75) is 148 Å². The molecule has 0 fully saturated rings. The van der Waals surface area contributed by atoms with E-state index in [1.165, 1.54) is 57.8 Å². The Bertz CT molecular complexity index is 953. The Morgan fingerprint density at radius 1 is 0.411 bits per heavy atom. The predicted molar refractivity (Wildman–Crippen MR) is 218 cm³/mol. The van der Waals surface area contributed by atoms with E-state index in [0.717, 1.165) is 25.7 Å². The van der Waals surface area contributed by atoms with Crippen molar-refractivity contribution in [2.24, 2.45) is 0 Å². The molecule has 0 aromatic heterocycles. The van der Waals surface area contributed by atoms with Crippen LogP contribution in [0.5, 0.6) is 0 Å². The minimum absolute atomic E-state index is 0.0474. The fourth-order valence-electron chi connectivity index (χ4n) is 6.25. The highest BCUT2D eigenvalue weighted by atomic mass is 16.5. The standard InChI is InChI=1S/C42H77N3O11/c1-2-3-4-5-6-7-8-9-10-11-12-13-14-15-16-21-38(46)45(28-19-36-55-34-17-26-43(30-22-39(47)48)31-23-40(49)50)29-20-37-56-35-18-27-44(32-24-41(51)52)33-25-42(53)54/h9-10H,2-8,11-37H2,1H3,(H,47,48)(H,49,50)(H,51,52)(H,53,54)/b10-9-. The van der Waals surface area contributed by atoms with E-state index >= 15 is 0 Å². The molecule has 0 aromatic carbocycles. The van der Waals surface area contributed by atoms with E-state index in [4.69, 9.17) is 29.9 Å². The Morgan fingerprint density at radius 3 is 1.12 bits per heavy atom. The summed E-state index contributed by atoms with van der Waals surface area (Å²) >= 11 is 0. The molecule has 0 heterocycles. The number of carboxylic acid groups (broad SMARTS) is 4. The van der Waals surface area contributed by atoms with Gasteiger partial charge in [0.05, 0.1) is 25.7 Å². The maximum Gasteiger partial charge on any atom is 0.304 e. The van der Waals surface area contributed by atoms with Gasteiger partial charge in [-0.2, -0.15) is 0 Å². The van der Waals surface area contributed by atoms with Crippen LogP contribution in [0, 0.1) is 0 Å². The highest BCUT2D eigenvalue weighted by Crippen LogP contribution is 2.12. The zero-order valence-corrected chi connectivity index (χ0v) is 34.7. The lowest BCUT2D eigenvalue weighted by Gasteiger charge is -2.23. The number of hydrogen-bond acceptors (Lipinski definition) is 9. The molecular formula is C42H77N3O11. The van der Waals surface area contributed by atoms with Crippen molar-refractivity contribution in [1.29, 1.82) is 0 Å². The second-order valence-electron chi connectivity index (χ2n) is 14.6. The zero-order valence-electron chi connectivity index (χ0n) is 34.7.